The summed E-state index contributed by atoms with van der Waals surface area (Å²) in [5.41, 5.74) is 7.68. The largest absolute Gasteiger partial charge is 0.465 e. The van der Waals surface area contributed by atoms with Gasteiger partial charge in [0.1, 0.15) is 35.3 Å². The highest BCUT2D eigenvalue weighted by Gasteiger charge is 2.58. The van der Waals surface area contributed by atoms with Crippen molar-refractivity contribution >= 4 is 35.6 Å². The van der Waals surface area contributed by atoms with E-state index >= 15 is 0 Å². The number of imidazole rings is 2. The second-order valence-corrected chi connectivity index (χ2v) is 19.1. The number of carboxylic acid groups (broad SMARTS) is 2. The molecule has 4 aromatic rings. The number of nitrogens with zero attached hydrogens (tertiary/aromatic N) is 4. The van der Waals surface area contributed by atoms with E-state index in [0.29, 0.717) is 74.9 Å². The first-order valence-electron chi connectivity index (χ1n) is 22.8. The van der Waals surface area contributed by atoms with Crippen LogP contribution in [0.15, 0.2) is 48.8 Å². The molecule has 6 fully saturated rings. The quantitative estimate of drug-likeness (QED) is 0.0916. The monoisotopic (exact) mass is 870 g/mol. The number of amides is 4. The molecular formula is C48H54N8O8. The number of carbonyl (C=O) groups is 6. The number of carbonyl (C=O) groups excluding carboxylic acids is 4. The fraction of sp³-hybridized carbons (Fsp3) is 0.500. The fourth-order valence-corrected chi connectivity index (χ4v) is 11.5. The summed E-state index contributed by atoms with van der Waals surface area (Å²) < 4.78 is 0. The van der Waals surface area contributed by atoms with Gasteiger partial charge in [0.05, 0.1) is 23.5 Å². The molecule has 16 nitrogen and oxygen atoms in total. The predicted molar refractivity (Wildman–Crippen MR) is 233 cm³/mol. The van der Waals surface area contributed by atoms with Crippen LogP contribution in [0.3, 0.4) is 0 Å². The van der Waals surface area contributed by atoms with Gasteiger partial charge in [-0.2, -0.15) is 0 Å². The van der Waals surface area contributed by atoms with E-state index in [9.17, 15) is 39.0 Å². The normalized spacial score (nSPS) is 26.3. The number of hydrogen-bond donors (Lipinski definition) is 6. The second-order valence-electron chi connectivity index (χ2n) is 19.1. The number of Topliss-reactive ketones (excluding diaryl/α,β-unsaturated/α-hetero) is 2. The number of fused-ring (bicyclic) bond motifs is 2. The highest BCUT2D eigenvalue weighted by molar-refractivity contribution is 5.89. The van der Waals surface area contributed by atoms with Gasteiger partial charge in [0, 0.05) is 61.3 Å². The number of hydrogen-bond acceptors (Lipinski definition) is 8. The standard InChI is InChI=1S/C48H54N8O8/c1-23-24(2)34(36-22-50-44(52-36)40-20-30-18-38(30)56(40)46(60)42(54-48(63)64)28-9-13-32(58)14-10-28)16-15-33(23)25-3-5-26(6-4-25)35-21-49-43(51-35)39-19-29-17-37(29)55(39)45(59)41(53-47(61)62)27-7-11-31(57)12-8-27/h3-6,15-16,21-22,27-30,37-42,53-54H,7-14,17-20H2,1-2H3,(H,49,51)(H,50,52)(H,61,62)(H,63,64)/t29-,30-,37?,38?,39+,40+,41-,42-/m1/s1. The number of aromatic nitrogens is 4. The highest BCUT2D eigenvalue weighted by atomic mass is 16.4. The Morgan fingerprint density at radius 3 is 1.52 bits per heavy atom. The summed E-state index contributed by atoms with van der Waals surface area (Å²) in [4.78, 5) is 96.2. The van der Waals surface area contributed by atoms with Crippen molar-refractivity contribution in [2.45, 2.75) is 127 Å². The maximum absolute atomic E-state index is 14.2. The van der Waals surface area contributed by atoms with Gasteiger partial charge in [0.25, 0.3) is 0 Å². The van der Waals surface area contributed by atoms with E-state index in [1.165, 1.54) is 0 Å². The number of likely N-dealkylation sites (tertiary alicyclic amines) is 2. The Hall–Kier alpha value is -6.32. The number of benzene rings is 2. The lowest BCUT2D eigenvalue weighted by Gasteiger charge is -2.34. The van der Waals surface area contributed by atoms with Gasteiger partial charge in [-0.1, -0.05) is 36.4 Å². The molecule has 2 unspecified atom stereocenters. The maximum atomic E-state index is 14.2. The molecule has 16 heteroatoms. The van der Waals surface area contributed by atoms with E-state index < -0.39 is 24.3 Å². The molecule has 334 valence electrons. The average molecular weight is 871 g/mol. The molecule has 8 atom stereocenters. The van der Waals surface area contributed by atoms with E-state index in [1.54, 1.807) is 0 Å². The van der Waals surface area contributed by atoms with Crippen LogP contribution in [0.25, 0.3) is 33.6 Å². The number of aromatic amines is 2. The highest BCUT2D eigenvalue weighted by Crippen LogP contribution is 2.55. The van der Waals surface area contributed by atoms with Crippen molar-refractivity contribution in [1.29, 1.82) is 0 Å². The van der Waals surface area contributed by atoms with Gasteiger partial charge < -0.3 is 40.6 Å². The Kier molecular flexibility index (Phi) is 10.6. The Morgan fingerprint density at radius 2 is 1.03 bits per heavy atom. The first-order valence-corrected chi connectivity index (χ1v) is 22.8. The topological polar surface area (TPSA) is 231 Å². The molecule has 4 saturated carbocycles. The van der Waals surface area contributed by atoms with Crippen LogP contribution < -0.4 is 10.6 Å². The summed E-state index contributed by atoms with van der Waals surface area (Å²) in [6.45, 7) is 4.18. The lowest BCUT2D eigenvalue weighted by Crippen LogP contribution is -2.53. The molecular weight excluding hydrogens is 817 g/mol. The van der Waals surface area contributed by atoms with Crippen LogP contribution in [0.2, 0.25) is 0 Å². The van der Waals surface area contributed by atoms with E-state index in [4.69, 9.17) is 9.97 Å². The molecule has 2 aromatic heterocycles. The van der Waals surface area contributed by atoms with Crippen LogP contribution in [0.1, 0.15) is 112 Å². The van der Waals surface area contributed by atoms with Crippen LogP contribution in [0.5, 0.6) is 0 Å². The molecule has 6 N–H and O–H groups in total. The van der Waals surface area contributed by atoms with Gasteiger partial charge in [-0.05, 0) is 111 Å². The van der Waals surface area contributed by atoms with Gasteiger partial charge in [-0.3, -0.25) is 19.2 Å². The number of ketones is 2. The SMILES string of the molecule is Cc1c(-c2ccc(-c3c[nH]c([C@@H]4C[C@H]5CC5N4C(=O)[C@H](NC(=O)O)C4CCC(=O)CC4)n3)cc2)ccc(-c2c[nH]c([C@@H]3C[C@H]4CC4N3C(=O)[C@H](NC(=O)O)C3CCC(=O)CC3)n2)c1C. The van der Waals surface area contributed by atoms with Crippen LogP contribution in [-0.2, 0) is 19.2 Å². The zero-order valence-corrected chi connectivity index (χ0v) is 36.0. The van der Waals surface area contributed by atoms with Crippen LogP contribution in [0, 0.1) is 37.5 Å². The minimum absolute atomic E-state index is 0.0574. The van der Waals surface area contributed by atoms with Crippen molar-refractivity contribution in [1.82, 2.24) is 40.4 Å². The Bertz CT molecular complexity index is 2530. The molecule has 0 spiro atoms. The summed E-state index contributed by atoms with van der Waals surface area (Å²) in [6, 6.07) is 10.1. The molecule has 4 amide bonds. The van der Waals surface area contributed by atoms with Crippen LogP contribution in [-0.4, -0.2) is 99.7 Å². The molecule has 0 radical (unpaired) electrons. The molecule has 2 saturated heterocycles. The number of piperidine rings is 2. The van der Waals surface area contributed by atoms with Crippen molar-refractivity contribution in [3.8, 4) is 33.6 Å². The first kappa shape index (κ1) is 41.7. The lowest BCUT2D eigenvalue weighted by atomic mass is 9.82. The van der Waals surface area contributed by atoms with E-state index in [-0.39, 0.29) is 59.4 Å². The summed E-state index contributed by atoms with van der Waals surface area (Å²) >= 11 is 0. The Labute approximate surface area is 370 Å². The van der Waals surface area contributed by atoms with Crippen LogP contribution in [0.4, 0.5) is 9.59 Å². The smallest absolute Gasteiger partial charge is 0.405 e. The van der Waals surface area contributed by atoms with E-state index in [0.717, 1.165) is 70.5 Å². The number of H-pyrrole nitrogens is 2. The van der Waals surface area contributed by atoms with Gasteiger partial charge in [0.2, 0.25) is 11.8 Å². The summed E-state index contributed by atoms with van der Waals surface area (Å²) in [7, 11) is 0. The van der Waals surface area contributed by atoms with E-state index in [1.807, 2.05) is 34.3 Å². The molecule has 4 heterocycles. The number of rotatable bonds is 11. The summed E-state index contributed by atoms with van der Waals surface area (Å²) in [5.74, 6) is 1.46. The summed E-state index contributed by atoms with van der Waals surface area (Å²) in [6.07, 6.45) is 7.98. The molecule has 2 aromatic carbocycles. The van der Waals surface area contributed by atoms with Gasteiger partial charge in [0.15, 0.2) is 0 Å². The number of nitrogens with one attached hydrogen (secondary N) is 4. The average Bonchev–Trinajstić information content (AvgIpc) is 3.87. The zero-order valence-electron chi connectivity index (χ0n) is 36.0. The molecule has 10 rings (SSSR count). The van der Waals surface area contributed by atoms with Gasteiger partial charge >= 0.3 is 12.2 Å². The van der Waals surface area contributed by atoms with Crippen molar-refractivity contribution < 1.29 is 39.0 Å². The lowest BCUT2D eigenvalue weighted by molar-refractivity contribution is -0.138. The molecule has 0 bridgehead atoms. The predicted octanol–water partition coefficient (Wildman–Crippen LogP) is 6.87. The third-order valence-corrected chi connectivity index (χ3v) is 15.3. The molecule has 4 aliphatic carbocycles. The Balaban J connectivity index is 0.832. The molecule has 6 aliphatic rings. The zero-order chi connectivity index (χ0) is 44.6. The Morgan fingerprint density at radius 1 is 0.609 bits per heavy atom. The van der Waals surface area contributed by atoms with Gasteiger partial charge in [-0.15, -0.1) is 0 Å². The van der Waals surface area contributed by atoms with Crippen molar-refractivity contribution in [3.05, 3.63) is 71.6 Å². The third kappa shape index (κ3) is 7.74. The fourth-order valence-electron chi connectivity index (χ4n) is 11.5. The van der Waals surface area contributed by atoms with Crippen molar-refractivity contribution in [2.75, 3.05) is 0 Å². The molecule has 2 aliphatic heterocycles. The van der Waals surface area contributed by atoms with Gasteiger partial charge in [-0.25, -0.2) is 19.6 Å². The third-order valence-electron chi connectivity index (χ3n) is 15.3. The van der Waals surface area contributed by atoms with Crippen molar-refractivity contribution in [2.24, 2.45) is 23.7 Å². The minimum atomic E-state index is -1.24. The first-order chi connectivity index (χ1) is 30.8. The second kappa shape index (κ2) is 16.3. The van der Waals surface area contributed by atoms with Crippen molar-refractivity contribution in [3.63, 3.8) is 0 Å². The van der Waals surface area contributed by atoms with Crippen LogP contribution >= 0.6 is 0 Å². The minimum Gasteiger partial charge on any atom is -0.465 e. The summed E-state index contributed by atoms with van der Waals surface area (Å²) in [5, 5.41) is 24.3. The molecule has 64 heavy (non-hydrogen) atoms. The maximum Gasteiger partial charge on any atom is 0.405 e. The van der Waals surface area contributed by atoms with E-state index in [2.05, 4.69) is 58.7 Å².